The minimum absolute atomic E-state index is 0.0199. The summed E-state index contributed by atoms with van der Waals surface area (Å²) in [4.78, 5) is 19.7. The van der Waals surface area contributed by atoms with Crippen LogP contribution < -0.4 is 10.0 Å². The van der Waals surface area contributed by atoms with Gasteiger partial charge in [0.15, 0.2) is 0 Å². The fourth-order valence-electron chi connectivity index (χ4n) is 2.37. The van der Waals surface area contributed by atoms with Crippen LogP contribution in [0.4, 0.5) is 18.9 Å². The number of rotatable bonds is 6. The summed E-state index contributed by atoms with van der Waals surface area (Å²) < 4.78 is 55.2. The van der Waals surface area contributed by atoms with Gasteiger partial charge < -0.3 is 9.63 Å². The van der Waals surface area contributed by atoms with Crippen molar-refractivity contribution in [1.29, 1.82) is 0 Å². The lowest BCUT2D eigenvalue weighted by atomic mass is 10.1. The van der Waals surface area contributed by atoms with Gasteiger partial charge in [0.25, 0.3) is 5.69 Å². The van der Waals surface area contributed by atoms with Crippen molar-refractivity contribution in [1.82, 2.24) is 0 Å². The molecule has 0 saturated heterocycles. The maximum atomic E-state index is 12.7. The van der Waals surface area contributed by atoms with Gasteiger partial charge in [0.05, 0.1) is 15.5 Å². The van der Waals surface area contributed by atoms with Gasteiger partial charge in [-0.1, -0.05) is 24.9 Å². The van der Waals surface area contributed by atoms with E-state index >= 15 is 0 Å². The van der Waals surface area contributed by atoms with E-state index in [9.17, 15) is 32.7 Å². The highest BCUT2D eigenvalue weighted by Gasteiger charge is 2.31. The van der Waals surface area contributed by atoms with Gasteiger partial charge in [-0.05, 0) is 24.6 Å². The van der Waals surface area contributed by atoms with Gasteiger partial charge in [-0.2, -0.15) is 13.2 Å². The smallest absolute Gasteiger partial charge is 0.416 e. The number of benzene rings is 2. The maximum absolute atomic E-state index is 12.7. The van der Waals surface area contributed by atoms with Crippen LogP contribution in [0.3, 0.4) is 0 Å². The van der Waals surface area contributed by atoms with Gasteiger partial charge in [-0.25, -0.2) is 0 Å². The van der Waals surface area contributed by atoms with Crippen LogP contribution in [0.15, 0.2) is 30.3 Å². The minimum atomic E-state index is -4.58. The summed E-state index contributed by atoms with van der Waals surface area (Å²) >= 11 is 5.86. The Morgan fingerprint density at radius 2 is 1.93 bits per heavy atom. The van der Waals surface area contributed by atoms with Gasteiger partial charge >= 0.3 is 6.18 Å². The Kier molecular flexibility index (Phi) is 6.51. The van der Waals surface area contributed by atoms with Crippen molar-refractivity contribution in [3.8, 4) is 11.5 Å². The fraction of sp³-hybridized carbons (Fsp3) is 0.250. The molecule has 27 heavy (non-hydrogen) atoms. The second kappa shape index (κ2) is 8.29. The molecule has 1 N–H and O–H groups in total. The molecule has 6 nitrogen and oxygen atoms in total. The number of nitro benzene ring substituents is 1. The van der Waals surface area contributed by atoms with Gasteiger partial charge in [-0.3, -0.25) is 14.7 Å². The van der Waals surface area contributed by atoms with Crippen molar-refractivity contribution in [3.05, 3.63) is 56.6 Å². The molecule has 1 atom stereocenters. The van der Waals surface area contributed by atoms with Crippen LogP contribution in [0.5, 0.6) is 11.5 Å². The third kappa shape index (κ3) is 5.00. The zero-order valence-electron chi connectivity index (χ0n) is 13.8. The van der Waals surface area contributed by atoms with E-state index < -0.39 is 35.7 Å². The van der Waals surface area contributed by atoms with Crippen molar-refractivity contribution in [3.63, 3.8) is 0 Å². The van der Waals surface area contributed by atoms with Gasteiger partial charge in [0.2, 0.25) is 8.03 Å². The molecular weight excluding hydrogens is 410 g/mol. The molecule has 146 valence electrons. The molecular formula is C16H14ClF3NO5P. The Bertz CT molecular complexity index is 904. The van der Waals surface area contributed by atoms with Gasteiger partial charge in [0, 0.05) is 17.7 Å². The van der Waals surface area contributed by atoms with E-state index in [0.717, 1.165) is 24.3 Å². The van der Waals surface area contributed by atoms with E-state index in [1.165, 1.54) is 0 Å². The standard InChI is InChI=1S/C16H14ClF3NO5P/c1-2-3-9-6-12(21(22)23)15(27(24)25)8-14(9)26-13-5-4-10(7-11(13)17)16(18,19)20/h4-8,27H,2-3H2,1H3,(H,24,25). The third-order valence-corrected chi connectivity index (χ3v) is 4.76. The fourth-order valence-corrected chi connectivity index (χ4v) is 3.23. The first-order valence-electron chi connectivity index (χ1n) is 7.63. The monoisotopic (exact) mass is 423 g/mol. The van der Waals surface area contributed by atoms with E-state index in [2.05, 4.69) is 0 Å². The van der Waals surface area contributed by atoms with Crippen LogP contribution in [0, 0.1) is 10.1 Å². The molecule has 0 aliphatic rings. The first kappa shape index (κ1) is 21.2. The van der Waals surface area contributed by atoms with Crippen molar-refractivity contribution in [2.24, 2.45) is 0 Å². The molecule has 0 heterocycles. The molecule has 11 heteroatoms. The van der Waals surface area contributed by atoms with E-state index in [-0.39, 0.29) is 16.5 Å². The first-order valence-corrected chi connectivity index (χ1v) is 9.37. The highest BCUT2D eigenvalue weighted by atomic mass is 35.5. The number of aryl methyl sites for hydroxylation is 1. The van der Waals surface area contributed by atoms with Crippen LogP contribution in [-0.4, -0.2) is 9.82 Å². The van der Waals surface area contributed by atoms with Crippen LogP contribution in [0.1, 0.15) is 24.5 Å². The van der Waals surface area contributed by atoms with E-state index in [1.54, 1.807) is 0 Å². The van der Waals surface area contributed by atoms with Crippen molar-refractivity contribution in [2.75, 3.05) is 0 Å². The molecule has 0 aliphatic carbocycles. The molecule has 2 aromatic carbocycles. The lowest BCUT2D eigenvalue weighted by molar-refractivity contribution is -0.383. The van der Waals surface area contributed by atoms with Crippen molar-refractivity contribution >= 4 is 30.6 Å². The average molecular weight is 424 g/mol. The third-order valence-electron chi connectivity index (χ3n) is 3.60. The number of halogens is 4. The minimum Gasteiger partial charge on any atom is -0.455 e. The lowest BCUT2D eigenvalue weighted by Gasteiger charge is -2.15. The molecule has 0 fully saturated rings. The van der Waals surface area contributed by atoms with Crippen LogP contribution in [-0.2, 0) is 17.2 Å². The second-order valence-corrected chi connectivity index (χ2v) is 7.09. The van der Waals surface area contributed by atoms with E-state index in [4.69, 9.17) is 16.3 Å². The largest absolute Gasteiger partial charge is 0.455 e. The Balaban J connectivity index is 2.53. The summed E-state index contributed by atoms with van der Waals surface area (Å²) in [6, 6.07) is 4.67. The molecule has 0 amide bonds. The topological polar surface area (TPSA) is 89.7 Å². The van der Waals surface area contributed by atoms with Crippen molar-refractivity contribution in [2.45, 2.75) is 25.9 Å². The number of alkyl halides is 3. The molecule has 0 radical (unpaired) electrons. The molecule has 0 aliphatic heterocycles. The molecule has 2 rings (SSSR count). The zero-order valence-corrected chi connectivity index (χ0v) is 15.6. The zero-order chi connectivity index (χ0) is 20.4. The highest BCUT2D eigenvalue weighted by molar-refractivity contribution is 7.47. The summed E-state index contributed by atoms with van der Waals surface area (Å²) in [5.74, 6) is -0.0917. The normalized spacial score (nSPS) is 12.7. The van der Waals surface area contributed by atoms with Crippen molar-refractivity contribution < 1.29 is 32.3 Å². The van der Waals surface area contributed by atoms with Gasteiger partial charge in [-0.15, -0.1) is 0 Å². The molecule has 0 saturated carbocycles. The molecule has 0 aromatic heterocycles. The Morgan fingerprint density at radius 3 is 2.41 bits per heavy atom. The maximum Gasteiger partial charge on any atom is 0.416 e. The summed E-state index contributed by atoms with van der Waals surface area (Å²) in [5.41, 5.74) is -1.11. The summed E-state index contributed by atoms with van der Waals surface area (Å²) in [6.45, 7) is 1.81. The van der Waals surface area contributed by atoms with Crippen LogP contribution in [0.25, 0.3) is 0 Å². The molecule has 1 unspecified atom stereocenters. The SMILES string of the molecule is CCCc1cc([N+](=O)[O-])c([PH](=O)O)cc1Oc1ccc(C(F)(F)F)cc1Cl. The Morgan fingerprint density at radius 1 is 1.26 bits per heavy atom. The first-order chi connectivity index (χ1) is 12.5. The molecule has 2 aromatic rings. The summed E-state index contributed by atoms with van der Waals surface area (Å²) in [6.07, 6.45) is -3.64. The number of hydrogen-bond donors (Lipinski definition) is 1. The van der Waals surface area contributed by atoms with Crippen LogP contribution >= 0.6 is 19.6 Å². The Labute approximate surface area is 157 Å². The second-order valence-electron chi connectivity index (χ2n) is 5.53. The predicted octanol–water partition coefficient (Wildman–Crippen LogP) is 5.10. The van der Waals surface area contributed by atoms with Crippen LogP contribution in [0.2, 0.25) is 5.02 Å². The summed E-state index contributed by atoms with van der Waals surface area (Å²) in [7, 11) is -3.42. The number of ether oxygens (including phenoxy) is 1. The molecule has 0 bridgehead atoms. The lowest BCUT2D eigenvalue weighted by Crippen LogP contribution is -2.08. The average Bonchev–Trinajstić information content (AvgIpc) is 2.56. The number of nitro groups is 1. The molecule has 0 spiro atoms. The summed E-state index contributed by atoms with van der Waals surface area (Å²) in [5, 5.41) is 10.4. The Hall–Kier alpha value is -2.09. The number of hydrogen-bond acceptors (Lipinski definition) is 4. The van der Waals surface area contributed by atoms with Gasteiger partial charge in [0.1, 0.15) is 16.8 Å². The van der Waals surface area contributed by atoms with E-state index in [1.807, 2.05) is 6.92 Å². The predicted molar refractivity (Wildman–Crippen MR) is 94.5 cm³/mol. The number of nitrogens with zero attached hydrogens (tertiary/aromatic N) is 1. The van der Waals surface area contributed by atoms with E-state index in [0.29, 0.717) is 24.5 Å². The quantitative estimate of drug-likeness (QED) is 0.396. The highest BCUT2D eigenvalue weighted by Crippen LogP contribution is 2.38.